The van der Waals surface area contributed by atoms with Crippen molar-refractivity contribution in [2.75, 3.05) is 26.3 Å². The average molecular weight is 460 g/mol. The van der Waals surface area contributed by atoms with Crippen LogP contribution in [0.2, 0.25) is 36.3 Å². The number of rotatable bonds is 11. The Balaban J connectivity index is 2.77. The molecule has 0 aromatic carbocycles. The zero-order chi connectivity index (χ0) is 23.2. The standard InChI is InChI=1S/C24H53NO3Si2/c1-23(2,3)29(7,8)27-20-21-19-22(28-30(9,10)24(4,5)6)15-17-25(21)16-13-11-12-14-18-26/h21-22,26H,11-20H2,1-10H3/t21-,22?/m0/s1. The van der Waals surface area contributed by atoms with Gasteiger partial charge in [0.05, 0.1) is 0 Å². The summed E-state index contributed by atoms with van der Waals surface area (Å²) in [4.78, 5) is 2.66. The van der Waals surface area contributed by atoms with Crippen molar-refractivity contribution < 1.29 is 14.0 Å². The smallest absolute Gasteiger partial charge is 0.192 e. The summed E-state index contributed by atoms with van der Waals surface area (Å²) in [7, 11) is -3.50. The Morgan fingerprint density at radius 3 is 1.97 bits per heavy atom. The quantitative estimate of drug-likeness (QED) is 0.286. The number of hydrogen-bond acceptors (Lipinski definition) is 4. The minimum atomic E-state index is -1.75. The molecule has 1 unspecified atom stereocenters. The highest BCUT2D eigenvalue weighted by molar-refractivity contribution is 6.74. The summed E-state index contributed by atoms with van der Waals surface area (Å²) >= 11 is 0. The van der Waals surface area contributed by atoms with E-state index in [1.807, 2.05) is 0 Å². The lowest BCUT2D eigenvalue weighted by molar-refractivity contribution is 0.0239. The molecular weight excluding hydrogens is 406 g/mol. The lowest BCUT2D eigenvalue weighted by atomic mass is 9.99. The Morgan fingerprint density at radius 1 is 0.867 bits per heavy atom. The number of piperidine rings is 1. The summed E-state index contributed by atoms with van der Waals surface area (Å²) in [6.45, 7) is 26.8. The molecule has 0 radical (unpaired) electrons. The van der Waals surface area contributed by atoms with Crippen molar-refractivity contribution in [3.05, 3.63) is 0 Å². The van der Waals surface area contributed by atoms with Crippen molar-refractivity contribution in [2.45, 2.75) is 128 Å². The Hall–Kier alpha value is 0.274. The molecule has 1 rings (SSSR count). The first-order chi connectivity index (χ1) is 13.6. The molecule has 1 heterocycles. The number of unbranched alkanes of at least 4 members (excludes halogenated alkanes) is 3. The van der Waals surface area contributed by atoms with Crippen LogP contribution in [-0.4, -0.2) is 65.1 Å². The van der Waals surface area contributed by atoms with E-state index in [-0.39, 0.29) is 10.1 Å². The second kappa shape index (κ2) is 11.4. The van der Waals surface area contributed by atoms with Crippen LogP contribution in [0.5, 0.6) is 0 Å². The van der Waals surface area contributed by atoms with Gasteiger partial charge in [-0.15, -0.1) is 0 Å². The van der Waals surface area contributed by atoms with Crippen LogP contribution in [0.3, 0.4) is 0 Å². The summed E-state index contributed by atoms with van der Waals surface area (Å²) in [5.74, 6) is 0. The Bertz CT molecular complexity index is 498. The van der Waals surface area contributed by atoms with E-state index in [2.05, 4.69) is 72.6 Å². The molecule has 2 atom stereocenters. The predicted octanol–water partition coefficient (Wildman–Crippen LogP) is 6.42. The molecule has 0 amide bonds. The number of hydrogen-bond donors (Lipinski definition) is 1. The molecule has 180 valence electrons. The van der Waals surface area contributed by atoms with Gasteiger partial charge in [-0.05, 0) is 68.5 Å². The molecule has 1 fully saturated rings. The summed E-state index contributed by atoms with van der Waals surface area (Å²) in [6.07, 6.45) is 7.08. The molecule has 1 N–H and O–H groups in total. The fraction of sp³-hybridized carbons (Fsp3) is 1.00. The van der Waals surface area contributed by atoms with Gasteiger partial charge in [0, 0.05) is 31.9 Å². The van der Waals surface area contributed by atoms with E-state index in [9.17, 15) is 0 Å². The van der Waals surface area contributed by atoms with Crippen LogP contribution < -0.4 is 0 Å². The molecule has 1 saturated heterocycles. The molecule has 0 spiro atoms. The van der Waals surface area contributed by atoms with Crippen molar-refractivity contribution in [1.82, 2.24) is 4.90 Å². The molecule has 0 bridgehead atoms. The van der Waals surface area contributed by atoms with Gasteiger partial charge in [-0.1, -0.05) is 54.4 Å². The molecule has 1 aliphatic heterocycles. The van der Waals surface area contributed by atoms with Crippen LogP contribution in [0.15, 0.2) is 0 Å². The van der Waals surface area contributed by atoms with Gasteiger partial charge in [-0.25, -0.2) is 0 Å². The van der Waals surface area contributed by atoms with Gasteiger partial charge < -0.3 is 14.0 Å². The van der Waals surface area contributed by atoms with E-state index in [0.717, 1.165) is 45.4 Å². The van der Waals surface area contributed by atoms with Crippen LogP contribution in [0.25, 0.3) is 0 Å². The van der Waals surface area contributed by atoms with E-state index >= 15 is 0 Å². The largest absolute Gasteiger partial charge is 0.415 e. The lowest BCUT2D eigenvalue weighted by Crippen LogP contribution is -2.53. The lowest BCUT2D eigenvalue weighted by Gasteiger charge is -2.46. The Labute approximate surface area is 190 Å². The Morgan fingerprint density at radius 2 is 1.43 bits per heavy atom. The maximum atomic E-state index is 9.01. The van der Waals surface area contributed by atoms with E-state index in [0.29, 0.717) is 18.8 Å². The van der Waals surface area contributed by atoms with Gasteiger partial charge >= 0.3 is 0 Å². The van der Waals surface area contributed by atoms with Crippen LogP contribution in [0.1, 0.15) is 80.1 Å². The van der Waals surface area contributed by atoms with Crippen molar-refractivity contribution in [2.24, 2.45) is 0 Å². The fourth-order valence-electron chi connectivity index (χ4n) is 3.53. The topological polar surface area (TPSA) is 41.9 Å². The molecule has 30 heavy (non-hydrogen) atoms. The van der Waals surface area contributed by atoms with Crippen LogP contribution in [0, 0.1) is 0 Å². The second-order valence-electron chi connectivity index (χ2n) is 12.4. The third kappa shape index (κ3) is 8.66. The third-order valence-corrected chi connectivity index (χ3v) is 16.9. The molecule has 0 aromatic rings. The molecule has 0 aliphatic carbocycles. The summed E-state index contributed by atoms with van der Waals surface area (Å²) in [5, 5.41) is 9.51. The number of aliphatic hydroxyl groups is 1. The van der Waals surface area contributed by atoms with Crippen molar-refractivity contribution in [3.63, 3.8) is 0 Å². The molecule has 0 aromatic heterocycles. The van der Waals surface area contributed by atoms with E-state index in [4.69, 9.17) is 14.0 Å². The summed E-state index contributed by atoms with van der Waals surface area (Å²) < 4.78 is 13.5. The van der Waals surface area contributed by atoms with E-state index in [1.54, 1.807) is 0 Å². The maximum Gasteiger partial charge on any atom is 0.192 e. The van der Waals surface area contributed by atoms with E-state index in [1.165, 1.54) is 12.8 Å². The first kappa shape index (κ1) is 28.3. The molecule has 0 saturated carbocycles. The van der Waals surface area contributed by atoms with E-state index < -0.39 is 16.6 Å². The fourth-order valence-corrected chi connectivity index (χ4v) is 5.98. The number of aliphatic hydroxyl groups excluding tert-OH is 1. The second-order valence-corrected chi connectivity index (χ2v) is 22.0. The highest BCUT2D eigenvalue weighted by Gasteiger charge is 2.42. The first-order valence-electron chi connectivity index (χ1n) is 12.3. The van der Waals surface area contributed by atoms with Gasteiger partial charge in [0.25, 0.3) is 0 Å². The SMILES string of the molecule is CC(C)(C)[Si](C)(C)OC[C@@H]1CC(O[Si](C)(C)C(C)(C)C)CCN1CCCCCCO. The monoisotopic (exact) mass is 459 g/mol. The highest BCUT2D eigenvalue weighted by atomic mass is 28.4. The van der Waals surface area contributed by atoms with Gasteiger partial charge in [-0.2, -0.15) is 0 Å². The molecule has 4 nitrogen and oxygen atoms in total. The number of likely N-dealkylation sites (tertiary alicyclic amines) is 1. The molecule has 6 heteroatoms. The van der Waals surface area contributed by atoms with Gasteiger partial charge in [-0.3, -0.25) is 4.90 Å². The van der Waals surface area contributed by atoms with Gasteiger partial charge in [0.15, 0.2) is 16.6 Å². The number of nitrogens with zero attached hydrogens (tertiary/aromatic N) is 1. The minimum absolute atomic E-state index is 0.244. The predicted molar refractivity (Wildman–Crippen MR) is 135 cm³/mol. The summed E-state index contributed by atoms with van der Waals surface area (Å²) in [5.41, 5.74) is 0. The first-order valence-corrected chi connectivity index (χ1v) is 18.1. The molecule has 1 aliphatic rings. The van der Waals surface area contributed by atoms with Crippen molar-refractivity contribution in [1.29, 1.82) is 0 Å². The normalized spacial score (nSPS) is 22.5. The average Bonchev–Trinajstić information content (AvgIpc) is 2.59. The van der Waals surface area contributed by atoms with Gasteiger partial charge in [0.1, 0.15) is 0 Å². The van der Waals surface area contributed by atoms with Crippen LogP contribution >= 0.6 is 0 Å². The van der Waals surface area contributed by atoms with Crippen LogP contribution in [-0.2, 0) is 8.85 Å². The zero-order valence-electron chi connectivity index (χ0n) is 21.9. The van der Waals surface area contributed by atoms with Crippen LogP contribution in [0.4, 0.5) is 0 Å². The third-order valence-electron chi connectivity index (χ3n) is 7.85. The highest BCUT2D eigenvalue weighted by Crippen LogP contribution is 2.40. The summed E-state index contributed by atoms with van der Waals surface area (Å²) in [6, 6.07) is 0.459. The Kier molecular flexibility index (Phi) is 10.8. The van der Waals surface area contributed by atoms with Crippen molar-refractivity contribution >= 4 is 16.6 Å². The maximum absolute atomic E-state index is 9.01. The molecular formula is C24H53NO3Si2. The minimum Gasteiger partial charge on any atom is -0.415 e. The zero-order valence-corrected chi connectivity index (χ0v) is 23.9. The van der Waals surface area contributed by atoms with Crippen molar-refractivity contribution in [3.8, 4) is 0 Å². The van der Waals surface area contributed by atoms with Gasteiger partial charge in [0.2, 0.25) is 0 Å².